The van der Waals surface area contributed by atoms with Crippen LogP contribution in [0.4, 0.5) is 0 Å². The maximum atomic E-state index is 12.3. The average molecular weight is 319 g/mol. The van der Waals surface area contributed by atoms with Crippen molar-refractivity contribution >= 4 is 22.7 Å². The number of carbonyl (C=O) groups excluding carboxylic acids is 2. The third-order valence-electron chi connectivity index (χ3n) is 3.61. The van der Waals surface area contributed by atoms with Crippen LogP contribution >= 0.6 is 0 Å². The lowest BCUT2D eigenvalue weighted by atomic mass is 10.1. The van der Waals surface area contributed by atoms with E-state index in [0.717, 1.165) is 5.39 Å². The summed E-state index contributed by atoms with van der Waals surface area (Å²) in [6.45, 7) is 0.707. The predicted molar refractivity (Wildman–Crippen MR) is 92.9 cm³/mol. The van der Waals surface area contributed by atoms with Crippen molar-refractivity contribution in [2.75, 3.05) is 13.1 Å². The van der Waals surface area contributed by atoms with Crippen LogP contribution in [0, 0.1) is 0 Å². The van der Waals surface area contributed by atoms with E-state index < -0.39 is 0 Å². The average Bonchev–Trinajstić information content (AvgIpc) is 2.65. The van der Waals surface area contributed by atoms with E-state index in [1.165, 1.54) is 0 Å². The molecule has 1 aromatic heterocycles. The van der Waals surface area contributed by atoms with Gasteiger partial charge in [-0.25, -0.2) is 0 Å². The molecule has 0 spiro atoms. The molecule has 3 aromatic rings. The second-order valence-electron chi connectivity index (χ2n) is 5.26. The van der Waals surface area contributed by atoms with Gasteiger partial charge in [-0.2, -0.15) is 0 Å². The van der Waals surface area contributed by atoms with Crippen molar-refractivity contribution in [1.82, 2.24) is 15.6 Å². The molecular weight excluding hydrogens is 302 g/mol. The summed E-state index contributed by atoms with van der Waals surface area (Å²) in [5.74, 6) is -0.357. The van der Waals surface area contributed by atoms with Crippen LogP contribution in [0.1, 0.15) is 20.7 Å². The molecule has 2 aromatic carbocycles. The lowest BCUT2D eigenvalue weighted by molar-refractivity contribution is 0.0928. The van der Waals surface area contributed by atoms with Gasteiger partial charge in [0.1, 0.15) is 0 Å². The number of carbonyl (C=O) groups is 2. The van der Waals surface area contributed by atoms with Crippen molar-refractivity contribution in [2.24, 2.45) is 0 Å². The summed E-state index contributed by atoms with van der Waals surface area (Å²) in [5.41, 5.74) is 1.80. The number of hydrogen-bond donors (Lipinski definition) is 2. The molecule has 0 unspecified atom stereocenters. The van der Waals surface area contributed by atoms with Gasteiger partial charge in [-0.05, 0) is 24.3 Å². The van der Waals surface area contributed by atoms with E-state index in [9.17, 15) is 9.59 Å². The predicted octanol–water partition coefficient (Wildman–Crippen LogP) is 2.39. The fraction of sp³-hybridized carbons (Fsp3) is 0.105. The minimum atomic E-state index is -0.201. The molecule has 0 radical (unpaired) electrons. The Morgan fingerprint density at radius 1 is 0.792 bits per heavy atom. The van der Waals surface area contributed by atoms with E-state index in [4.69, 9.17) is 0 Å². The molecule has 1 heterocycles. The molecule has 0 bridgehead atoms. The second kappa shape index (κ2) is 7.37. The Morgan fingerprint density at radius 2 is 1.50 bits per heavy atom. The molecule has 2 amide bonds. The van der Waals surface area contributed by atoms with Crippen molar-refractivity contribution in [2.45, 2.75) is 0 Å². The Labute approximate surface area is 139 Å². The van der Waals surface area contributed by atoms with Crippen LogP contribution in [-0.4, -0.2) is 29.9 Å². The first kappa shape index (κ1) is 15.7. The van der Waals surface area contributed by atoms with Gasteiger partial charge in [0.2, 0.25) is 0 Å². The van der Waals surface area contributed by atoms with Crippen LogP contribution in [0.25, 0.3) is 10.9 Å². The summed E-state index contributed by atoms with van der Waals surface area (Å²) in [5, 5.41) is 6.50. The molecule has 0 fully saturated rings. The summed E-state index contributed by atoms with van der Waals surface area (Å²) < 4.78 is 0. The molecule has 0 saturated carbocycles. The van der Waals surface area contributed by atoms with E-state index >= 15 is 0 Å². The van der Waals surface area contributed by atoms with Gasteiger partial charge < -0.3 is 10.6 Å². The number of fused-ring (bicyclic) bond motifs is 1. The summed E-state index contributed by atoms with van der Waals surface area (Å²) in [6, 6.07) is 18.2. The first-order valence-electron chi connectivity index (χ1n) is 7.71. The molecule has 0 aliphatic rings. The number of rotatable bonds is 5. The smallest absolute Gasteiger partial charge is 0.253 e. The van der Waals surface area contributed by atoms with Crippen molar-refractivity contribution in [3.05, 3.63) is 78.0 Å². The highest BCUT2D eigenvalue weighted by molar-refractivity contribution is 6.05. The molecular formula is C19H17N3O2. The van der Waals surface area contributed by atoms with Crippen molar-refractivity contribution in [3.63, 3.8) is 0 Å². The quantitative estimate of drug-likeness (QED) is 0.709. The van der Waals surface area contributed by atoms with E-state index in [2.05, 4.69) is 15.6 Å². The molecule has 24 heavy (non-hydrogen) atoms. The van der Waals surface area contributed by atoms with E-state index in [1.54, 1.807) is 24.4 Å². The number of benzene rings is 2. The third kappa shape index (κ3) is 3.57. The number of pyridine rings is 1. The van der Waals surface area contributed by atoms with E-state index in [0.29, 0.717) is 29.7 Å². The Bertz CT molecular complexity index is 857. The monoisotopic (exact) mass is 319 g/mol. The SMILES string of the molecule is O=C(NCCNC(=O)c1cccc2cccnc12)c1ccccc1. The molecule has 0 aliphatic carbocycles. The standard InChI is InChI=1S/C19H17N3O2/c23-18(15-6-2-1-3-7-15)21-12-13-22-19(24)16-10-4-8-14-9-5-11-20-17(14)16/h1-11H,12-13H2,(H,21,23)(H,22,24). The van der Waals surface area contributed by atoms with Crippen molar-refractivity contribution < 1.29 is 9.59 Å². The highest BCUT2D eigenvalue weighted by atomic mass is 16.2. The van der Waals surface area contributed by atoms with E-state index in [1.807, 2.05) is 42.5 Å². The van der Waals surface area contributed by atoms with E-state index in [-0.39, 0.29) is 11.8 Å². The molecule has 0 atom stereocenters. The number of nitrogens with zero attached hydrogens (tertiary/aromatic N) is 1. The molecule has 5 nitrogen and oxygen atoms in total. The first-order valence-corrected chi connectivity index (χ1v) is 7.71. The number of hydrogen-bond acceptors (Lipinski definition) is 3. The fourth-order valence-corrected chi connectivity index (χ4v) is 2.43. The zero-order valence-electron chi connectivity index (χ0n) is 13.0. The Hall–Kier alpha value is -3.21. The van der Waals surface area contributed by atoms with Gasteiger partial charge in [-0.3, -0.25) is 14.6 Å². The van der Waals surface area contributed by atoms with Gasteiger partial charge >= 0.3 is 0 Å². The second-order valence-corrected chi connectivity index (χ2v) is 5.26. The van der Waals surface area contributed by atoms with Crippen LogP contribution in [0.3, 0.4) is 0 Å². The zero-order chi connectivity index (χ0) is 16.8. The number of aromatic nitrogens is 1. The molecule has 0 aliphatic heterocycles. The molecule has 5 heteroatoms. The summed E-state index contributed by atoms with van der Waals surface area (Å²) >= 11 is 0. The van der Waals surface area contributed by atoms with Crippen molar-refractivity contribution in [3.8, 4) is 0 Å². The van der Waals surface area contributed by atoms with Gasteiger partial charge in [-0.15, -0.1) is 0 Å². The Kier molecular flexibility index (Phi) is 4.81. The van der Waals surface area contributed by atoms with Crippen LogP contribution in [0.5, 0.6) is 0 Å². The molecule has 3 rings (SSSR count). The lowest BCUT2D eigenvalue weighted by Crippen LogP contribution is -2.34. The van der Waals surface area contributed by atoms with Crippen LogP contribution in [0.2, 0.25) is 0 Å². The topological polar surface area (TPSA) is 71.1 Å². The number of para-hydroxylation sites is 1. The Morgan fingerprint density at radius 3 is 2.29 bits per heavy atom. The largest absolute Gasteiger partial charge is 0.350 e. The third-order valence-corrected chi connectivity index (χ3v) is 3.61. The number of nitrogens with one attached hydrogen (secondary N) is 2. The highest BCUT2D eigenvalue weighted by Gasteiger charge is 2.10. The number of amides is 2. The highest BCUT2D eigenvalue weighted by Crippen LogP contribution is 2.15. The summed E-state index contributed by atoms with van der Waals surface area (Å²) in [6.07, 6.45) is 1.67. The maximum absolute atomic E-state index is 12.3. The van der Waals surface area contributed by atoms with Crippen LogP contribution in [0.15, 0.2) is 66.9 Å². The maximum Gasteiger partial charge on any atom is 0.253 e. The normalized spacial score (nSPS) is 10.3. The van der Waals surface area contributed by atoms with Crippen LogP contribution in [-0.2, 0) is 0 Å². The molecule has 120 valence electrons. The van der Waals surface area contributed by atoms with Gasteiger partial charge in [0.15, 0.2) is 0 Å². The minimum Gasteiger partial charge on any atom is -0.350 e. The van der Waals surface area contributed by atoms with Gasteiger partial charge in [0, 0.05) is 30.2 Å². The summed E-state index contributed by atoms with van der Waals surface area (Å²) in [4.78, 5) is 28.5. The summed E-state index contributed by atoms with van der Waals surface area (Å²) in [7, 11) is 0. The Balaban J connectivity index is 1.55. The molecule has 2 N–H and O–H groups in total. The fourth-order valence-electron chi connectivity index (χ4n) is 2.43. The van der Waals surface area contributed by atoms with Gasteiger partial charge in [0.25, 0.3) is 11.8 Å². The van der Waals surface area contributed by atoms with Gasteiger partial charge in [0.05, 0.1) is 11.1 Å². The van der Waals surface area contributed by atoms with Gasteiger partial charge in [-0.1, -0.05) is 36.4 Å². The molecule has 0 saturated heterocycles. The first-order chi connectivity index (χ1) is 11.8. The lowest BCUT2D eigenvalue weighted by Gasteiger charge is -2.08. The van der Waals surface area contributed by atoms with Crippen LogP contribution < -0.4 is 10.6 Å². The zero-order valence-corrected chi connectivity index (χ0v) is 13.0. The van der Waals surface area contributed by atoms with Crippen molar-refractivity contribution in [1.29, 1.82) is 0 Å². The minimum absolute atomic E-state index is 0.156.